The minimum atomic E-state index is -1.07. The van der Waals surface area contributed by atoms with Gasteiger partial charge in [0.25, 0.3) is 0 Å². The Morgan fingerprint density at radius 1 is 1.67 bits per heavy atom. The Labute approximate surface area is 91.7 Å². The first-order valence-electron chi connectivity index (χ1n) is 4.34. The van der Waals surface area contributed by atoms with Crippen molar-refractivity contribution in [2.24, 2.45) is 5.73 Å². The SMILES string of the molecule is Cc1cc(Cl)cc(C(N)CC(=O)O)c1F. The molecule has 0 heterocycles. The summed E-state index contributed by atoms with van der Waals surface area (Å²) in [5, 5.41) is 8.89. The summed E-state index contributed by atoms with van der Waals surface area (Å²) in [5.41, 5.74) is 6.06. The summed E-state index contributed by atoms with van der Waals surface area (Å²) >= 11 is 5.73. The predicted octanol–water partition coefficient (Wildman–Crippen LogP) is 2.26. The van der Waals surface area contributed by atoms with Gasteiger partial charge in [-0.1, -0.05) is 11.6 Å². The molecular weight excluding hydrogens is 221 g/mol. The lowest BCUT2D eigenvalue weighted by Gasteiger charge is -2.12. The monoisotopic (exact) mass is 231 g/mol. The van der Waals surface area contributed by atoms with E-state index in [0.717, 1.165) is 0 Å². The van der Waals surface area contributed by atoms with E-state index in [4.69, 9.17) is 22.4 Å². The fourth-order valence-electron chi connectivity index (χ4n) is 1.32. The molecule has 0 aliphatic heterocycles. The minimum absolute atomic E-state index is 0.141. The van der Waals surface area contributed by atoms with E-state index in [1.54, 1.807) is 6.92 Å². The van der Waals surface area contributed by atoms with E-state index in [0.29, 0.717) is 10.6 Å². The normalized spacial score (nSPS) is 12.5. The molecular formula is C10H11ClFNO2. The number of aryl methyl sites for hydroxylation is 1. The van der Waals surface area contributed by atoms with Gasteiger partial charge in [-0.25, -0.2) is 4.39 Å². The van der Waals surface area contributed by atoms with Crippen LogP contribution in [0.4, 0.5) is 4.39 Å². The number of hydrogen-bond acceptors (Lipinski definition) is 2. The van der Waals surface area contributed by atoms with Crippen molar-refractivity contribution in [2.75, 3.05) is 0 Å². The van der Waals surface area contributed by atoms with Crippen LogP contribution in [0.3, 0.4) is 0 Å². The summed E-state index contributed by atoms with van der Waals surface area (Å²) in [6.07, 6.45) is -0.323. The van der Waals surface area contributed by atoms with Crippen LogP contribution in [0.1, 0.15) is 23.6 Å². The molecule has 15 heavy (non-hydrogen) atoms. The first-order valence-corrected chi connectivity index (χ1v) is 4.72. The van der Waals surface area contributed by atoms with E-state index in [1.165, 1.54) is 12.1 Å². The molecule has 0 radical (unpaired) electrons. The number of halogens is 2. The number of carboxylic acid groups (broad SMARTS) is 1. The van der Waals surface area contributed by atoms with Crippen molar-refractivity contribution in [1.29, 1.82) is 0 Å². The molecule has 1 atom stereocenters. The van der Waals surface area contributed by atoms with Crippen LogP contribution in [0.5, 0.6) is 0 Å². The van der Waals surface area contributed by atoms with Crippen LogP contribution in [0.2, 0.25) is 5.02 Å². The van der Waals surface area contributed by atoms with E-state index in [2.05, 4.69) is 0 Å². The van der Waals surface area contributed by atoms with Crippen LogP contribution >= 0.6 is 11.6 Å². The minimum Gasteiger partial charge on any atom is -0.481 e. The van der Waals surface area contributed by atoms with Crippen LogP contribution in [0, 0.1) is 12.7 Å². The number of nitrogens with two attached hydrogens (primary N) is 1. The zero-order valence-electron chi connectivity index (χ0n) is 8.13. The molecule has 0 aliphatic carbocycles. The largest absolute Gasteiger partial charge is 0.481 e. The lowest BCUT2D eigenvalue weighted by Crippen LogP contribution is -2.16. The fraction of sp³-hybridized carbons (Fsp3) is 0.300. The average Bonchev–Trinajstić information content (AvgIpc) is 2.09. The summed E-state index contributed by atoms with van der Waals surface area (Å²) in [6.45, 7) is 1.55. The van der Waals surface area contributed by atoms with Gasteiger partial charge in [0.05, 0.1) is 6.42 Å². The molecule has 0 saturated carbocycles. The molecule has 1 aromatic rings. The molecule has 3 nitrogen and oxygen atoms in total. The lowest BCUT2D eigenvalue weighted by molar-refractivity contribution is -0.137. The molecule has 3 N–H and O–H groups in total. The number of carbonyl (C=O) groups is 1. The highest BCUT2D eigenvalue weighted by Gasteiger charge is 2.16. The topological polar surface area (TPSA) is 63.3 Å². The maximum absolute atomic E-state index is 13.6. The van der Waals surface area contributed by atoms with Gasteiger partial charge in [-0.2, -0.15) is 0 Å². The van der Waals surface area contributed by atoms with Crippen molar-refractivity contribution in [1.82, 2.24) is 0 Å². The molecule has 0 aromatic heterocycles. The number of rotatable bonds is 3. The Morgan fingerprint density at radius 2 is 2.27 bits per heavy atom. The summed E-state index contributed by atoms with van der Waals surface area (Å²) in [7, 11) is 0. The Kier molecular flexibility index (Phi) is 3.66. The Bertz CT molecular complexity index is 395. The third kappa shape index (κ3) is 2.91. The molecule has 0 aliphatic rings. The van der Waals surface area contributed by atoms with Crippen molar-refractivity contribution in [3.63, 3.8) is 0 Å². The predicted molar refractivity (Wildman–Crippen MR) is 55.3 cm³/mol. The van der Waals surface area contributed by atoms with Crippen LogP contribution in [0.15, 0.2) is 12.1 Å². The smallest absolute Gasteiger partial charge is 0.305 e. The van der Waals surface area contributed by atoms with Gasteiger partial charge in [-0.3, -0.25) is 4.79 Å². The first-order chi connectivity index (χ1) is 6.91. The van der Waals surface area contributed by atoms with Gasteiger partial charge in [-0.05, 0) is 24.6 Å². The molecule has 0 bridgehead atoms. The highest BCUT2D eigenvalue weighted by Crippen LogP contribution is 2.24. The van der Waals surface area contributed by atoms with Crippen molar-refractivity contribution < 1.29 is 14.3 Å². The molecule has 0 fully saturated rings. The quantitative estimate of drug-likeness (QED) is 0.839. The Hall–Kier alpha value is -1.13. The number of benzene rings is 1. The number of aliphatic carboxylic acids is 1. The maximum Gasteiger partial charge on any atom is 0.305 e. The molecule has 0 amide bonds. The first kappa shape index (κ1) is 11.9. The standard InChI is InChI=1S/C10H11ClFNO2/c1-5-2-6(11)3-7(10(5)12)8(13)4-9(14)15/h2-3,8H,4,13H2,1H3,(H,14,15). The summed E-state index contributed by atoms with van der Waals surface area (Å²) < 4.78 is 13.6. The van der Waals surface area contributed by atoms with Crippen LogP contribution in [0.25, 0.3) is 0 Å². The summed E-state index contributed by atoms with van der Waals surface area (Å²) in [4.78, 5) is 10.4. The summed E-state index contributed by atoms with van der Waals surface area (Å²) in [5.74, 6) is -1.56. The third-order valence-corrected chi connectivity index (χ3v) is 2.26. The second-order valence-electron chi connectivity index (χ2n) is 3.33. The highest BCUT2D eigenvalue weighted by atomic mass is 35.5. The van der Waals surface area contributed by atoms with E-state index >= 15 is 0 Å². The van der Waals surface area contributed by atoms with Gasteiger partial charge >= 0.3 is 5.97 Å². The average molecular weight is 232 g/mol. The van der Waals surface area contributed by atoms with Crippen LogP contribution < -0.4 is 5.73 Å². The molecule has 0 spiro atoms. The lowest BCUT2D eigenvalue weighted by atomic mass is 10.0. The van der Waals surface area contributed by atoms with E-state index in [9.17, 15) is 9.18 Å². The maximum atomic E-state index is 13.6. The number of hydrogen-bond donors (Lipinski definition) is 2. The van der Waals surface area contributed by atoms with E-state index in [1.807, 2.05) is 0 Å². The van der Waals surface area contributed by atoms with Gasteiger partial charge in [0.2, 0.25) is 0 Å². The second kappa shape index (κ2) is 4.59. The molecule has 1 unspecified atom stereocenters. The van der Waals surface area contributed by atoms with Crippen molar-refractivity contribution >= 4 is 17.6 Å². The van der Waals surface area contributed by atoms with E-state index < -0.39 is 17.8 Å². The van der Waals surface area contributed by atoms with Gasteiger partial charge < -0.3 is 10.8 Å². The van der Waals surface area contributed by atoms with Crippen LogP contribution in [-0.2, 0) is 4.79 Å². The van der Waals surface area contributed by atoms with Crippen molar-refractivity contribution in [3.05, 3.63) is 34.1 Å². The van der Waals surface area contributed by atoms with Crippen LogP contribution in [-0.4, -0.2) is 11.1 Å². The molecule has 0 saturated heterocycles. The zero-order chi connectivity index (χ0) is 11.6. The second-order valence-corrected chi connectivity index (χ2v) is 3.77. The van der Waals surface area contributed by atoms with Gasteiger partial charge in [-0.15, -0.1) is 0 Å². The van der Waals surface area contributed by atoms with Crippen molar-refractivity contribution in [2.45, 2.75) is 19.4 Å². The molecule has 82 valence electrons. The third-order valence-electron chi connectivity index (χ3n) is 2.04. The summed E-state index contributed by atoms with van der Waals surface area (Å²) in [6, 6.07) is 1.95. The Morgan fingerprint density at radius 3 is 2.80 bits per heavy atom. The van der Waals surface area contributed by atoms with Gasteiger partial charge in [0.15, 0.2) is 0 Å². The molecule has 5 heteroatoms. The fourth-order valence-corrected chi connectivity index (χ4v) is 1.60. The molecule has 1 rings (SSSR count). The van der Waals surface area contributed by atoms with Gasteiger partial charge in [0, 0.05) is 16.6 Å². The zero-order valence-corrected chi connectivity index (χ0v) is 8.88. The van der Waals surface area contributed by atoms with Gasteiger partial charge in [0.1, 0.15) is 5.82 Å². The van der Waals surface area contributed by atoms with E-state index in [-0.39, 0.29) is 12.0 Å². The molecule has 1 aromatic carbocycles. The Balaban J connectivity index is 3.07. The highest BCUT2D eigenvalue weighted by molar-refractivity contribution is 6.30. The number of carboxylic acids is 1. The van der Waals surface area contributed by atoms with Crippen molar-refractivity contribution in [3.8, 4) is 0 Å².